The van der Waals surface area contributed by atoms with Crippen LogP contribution in [0.3, 0.4) is 0 Å². The molecule has 3 rings (SSSR count). The van der Waals surface area contributed by atoms with Gasteiger partial charge in [-0.1, -0.05) is 72.3 Å². The van der Waals surface area contributed by atoms with E-state index < -0.39 is 11.3 Å². The number of alkyl halides is 1. The van der Waals surface area contributed by atoms with Crippen LogP contribution in [-0.4, -0.2) is 36.7 Å². The largest absolute Gasteiger partial charge is 0.332 e. The summed E-state index contributed by atoms with van der Waals surface area (Å²) in [4.78, 5) is 12.6. The second kappa shape index (κ2) is 7.45. The lowest BCUT2D eigenvalue weighted by atomic mass is 10.00. The number of carbonyl (C=O) groups is 1. The third-order valence-corrected chi connectivity index (χ3v) is 4.83. The van der Waals surface area contributed by atoms with E-state index in [0.717, 1.165) is 5.56 Å². The van der Waals surface area contributed by atoms with E-state index in [1.165, 1.54) is 0 Å². The number of ether oxygens (including phenoxy) is 1. The molecule has 1 aliphatic rings. The van der Waals surface area contributed by atoms with Gasteiger partial charge in [0.15, 0.2) is 5.78 Å². The van der Waals surface area contributed by atoms with Crippen molar-refractivity contribution in [3.8, 4) is 0 Å². The molecule has 24 heavy (non-hydrogen) atoms. The number of morpholine rings is 1. The van der Waals surface area contributed by atoms with Gasteiger partial charge in [0.1, 0.15) is 6.10 Å². The average molecular weight is 345 g/mol. The van der Waals surface area contributed by atoms with Crippen LogP contribution in [0.5, 0.6) is 0 Å². The molecule has 2 aromatic rings. The number of hydrogen-bond donors (Lipinski definition) is 2. The van der Waals surface area contributed by atoms with Gasteiger partial charge in [-0.25, -0.2) is 0 Å². The summed E-state index contributed by atoms with van der Waals surface area (Å²) in [6, 6.07) is 19.1. The summed E-state index contributed by atoms with van der Waals surface area (Å²) < 4.78 is 5.97. The number of halogens is 1. The standard InChI is InChI=1S/C19H21ClN2O2/c1-21-19(20)17(12-14-8-4-2-5-9-14)22-13-16(24-19)18(23)15-10-6-3-7-11-15/h2-11,16-17,21-22H,12-13H2,1H3. The van der Waals surface area contributed by atoms with Crippen molar-refractivity contribution in [3.05, 3.63) is 71.8 Å². The molecule has 5 heteroatoms. The Morgan fingerprint density at radius 1 is 1.21 bits per heavy atom. The zero-order valence-electron chi connectivity index (χ0n) is 13.5. The van der Waals surface area contributed by atoms with Crippen molar-refractivity contribution in [3.63, 3.8) is 0 Å². The lowest BCUT2D eigenvalue weighted by Crippen LogP contribution is -2.65. The summed E-state index contributed by atoms with van der Waals surface area (Å²) in [7, 11) is 1.74. The minimum atomic E-state index is -1.14. The molecule has 4 nitrogen and oxygen atoms in total. The van der Waals surface area contributed by atoms with Crippen molar-refractivity contribution in [2.45, 2.75) is 23.8 Å². The van der Waals surface area contributed by atoms with Crippen molar-refractivity contribution < 1.29 is 9.53 Å². The Kier molecular flexibility index (Phi) is 5.31. The predicted octanol–water partition coefficient (Wildman–Crippen LogP) is 2.58. The van der Waals surface area contributed by atoms with Gasteiger partial charge < -0.3 is 10.1 Å². The summed E-state index contributed by atoms with van der Waals surface area (Å²) in [5, 5.41) is 5.25. The van der Waals surface area contributed by atoms with Crippen LogP contribution in [0.1, 0.15) is 15.9 Å². The SMILES string of the molecule is CNC1(Cl)OC(C(=O)c2ccccc2)CNC1Cc1ccccc1. The molecular weight excluding hydrogens is 324 g/mol. The fourth-order valence-electron chi connectivity index (χ4n) is 2.93. The van der Waals surface area contributed by atoms with Gasteiger partial charge in [0.05, 0.1) is 6.04 Å². The summed E-state index contributed by atoms with van der Waals surface area (Å²) in [5.74, 6) is -0.0680. The number of carbonyl (C=O) groups excluding carboxylic acids is 1. The van der Waals surface area contributed by atoms with Crippen molar-refractivity contribution in [2.75, 3.05) is 13.6 Å². The highest BCUT2D eigenvalue weighted by atomic mass is 35.5. The Morgan fingerprint density at radius 2 is 1.83 bits per heavy atom. The maximum Gasteiger partial charge on any atom is 0.212 e. The first kappa shape index (κ1) is 17.1. The van der Waals surface area contributed by atoms with E-state index in [-0.39, 0.29) is 11.8 Å². The third kappa shape index (κ3) is 3.68. The molecule has 3 unspecified atom stereocenters. The zero-order chi connectivity index (χ0) is 17.0. The number of benzene rings is 2. The molecule has 1 fully saturated rings. The number of Topliss-reactive ketones (excluding diaryl/α,β-unsaturated/α-hetero) is 1. The number of likely N-dealkylation sites (N-methyl/N-ethyl adjacent to an activating group) is 1. The molecule has 0 amide bonds. The van der Waals surface area contributed by atoms with Crippen molar-refractivity contribution in [2.24, 2.45) is 0 Å². The molecule has 1 aliphatic heterocycles. The Morgan fingerprint density at radius 3 is 2.46 bits per heavy atom. The molecule has 0 aliphatic carbocycles. The maximum absolute atomic E-state index is 12.6. The summed E-state index contributed by atoms with van der Waals surface area (Å²) in [6.45, 7) is 0.432. The number of rotatable bonds is 5. The maximum atomic E-state index is 12.6. The summed E-state index contributed by atoms with van der Waals surface area (Å²) in [6.07, 6.45) is 0.0848. The molecule has 0 radical (unpaired) electrons. The van der Waals surface area contributed by atoms with Gasteiger partial charge >= 0.3 is 0 Å². The first-order valence-electron chi connectivity index (χ1n) is 8.04. The fourth-order valence-corrected chi connectivity index (χ4v) is 3.19. The van der Waals surface area contributed by atoms with E-state index in [2.05, 4.69) is 22.8 Å². The molecule has 0 saturated carbocycles. The van der Waals surface area contributed by atoms with E-state index in [1.54, 1.807) is 19.2 Å². The van der Waals surface area contributed by atoms with Gasteiger partial charge in [0.2, 0.25) is 5.18 Å². The highest BCUT2D eigenvalue weighted by molar-refractivity contribution is 6.23. The van der Waals surface area contributed by atoms with Gasteiger partial charge in [0, 0.05) is 12.1 Å². The molecule has 2 aromatic carbocycles. The molecule has 3 atom stereocenters. The molecule has 1 heterocycles. The Balaban J connectivity index is 1.73. The molecule has 0 bridgehead atoms. The Bertz CT molecular complexity index is 680. The van der Waals surface area contributed by atoms with Gasteiger partial charge in [0.25, 0.3) is 0 Å². The third-order valence-electron chi connectivity index (χ3n) is 4.29. The first-order chi connectivity index (χ1) is 11.6. The zero-order valence-corrected chi connectivity index (χ0v) is 14.3. The second-order valence-corrected chi connectivity index (χ2v) is 6.44. The number of hydrogen-bond acceptors (Lipinski definition) is 4. The second-order valence-electron chi connectivity index (χ2n) is 5.88. The van der Waals surface area contributed by atoms with Gasteiger partial charge in [-0.3, -0.25) is 10.1 Å². The van der Waals surface area contributed by atoms with Crippen molar-refractivity contribution in [1.82, 2.24) is 10.6 Å². The monoisotopic (exact) mass is 344 g/mol. The van der Waals surface area contributed by atoms with E-state index in [9.17, 15) is 4.79 Å². The van der Waals surface area contributed by atoms with Crippen LogP contribution in [0.25, 0.3) is 0 Å². The minimum Gasteiger partial charge on any atom is -0.332 e. The topological polar surface area (TPSA) is 50.4 Å². The van der Waals surface area contributed by atoms with Crippen LogP contribution in [-0.2, 0) is 11.2 Å². The summed E-state index contributed by atoms with van der Waals surface area (Å²) >= 11 is 6.65. The number of ketones is 1. The van der Waals surface area contributed by atoms with Gasteiger partial charge in [-0.2, -0.15) is 0 Å². The normalized spacial score (nSPS) is 26.9. The van der Waals surface area contributed by atoms with Crippen LogP contribution in [0.4, 0.5) is 0 Å². The highest BCUT2D eigenvalue weighted by Crippen LogP contribution is 2.28. The van der Waals surface area contributed by atoms with Crippen LogP contribution >= 0.6 is 11.6 Å². The van der Waals surface area contributed by atoms with E-state index >= 15 is 0 Å². The van der Waals surface area contributed by atoms with Crippen LogP contribution < -0.4 is 10.6 Å². The minimum absolute atomic E-state index is 0.0680. The predicted molar refractivity (Wildman–Crippen MR) is 95.2 cm³/mol. The molecular formula is C19H21ClN2O2. The van der Waals surface area contributed by atoms with E-state index in [0.29, 0.717) is 18.5 Å². The quantitative estimate of drug-likeness (QED) is 0.497. The molecule has 126 valence electrons. The van der Waals surface area contributed by atoms with Crippen molar-refractivity contribution >= 4 is 17.4 Å². The van der Waals surface area contributed by atoms with Crippen LogP contribution in [0.2, 0.25) is 0 Å². The van der Waals surface area contributed by atoms with Crippen LogP contribution in [0, 0.1) is 0 Å². The number of nitrogens with one attached hydrogen (secondary N) is 2. The fraction of sp³-hybridized carbons (Fsp3) is 0.316. The van der Waals surface area contributed by atoms with Gasteiger partial charge in [-0.05, 0) is 19.0 Å². The Labute approximate surface area is 147 Å². The molecule has 1 saturated heterocycles. The highest BCUT2D eigenvalue weighted by Gasteiger charge is 2.44. The van der Waals surface area contributed by atoms with E-state index in [1.807, 2.05) is 36.4 Å². The lowest BCUT2D eigenvalue weighted by molar-refractivity contribution is -0.0890. The first-order valence-corrected chi connectivity index (χ1v) is 8.42. The molecule has 0 spiro atoms. The Hall–Kier alpha value is -1.72. The molecule has 0 aromatic heterocycles. The van der Waals surface area contributed by atoms with Crippen LogP contribution in [0.15, 0.2) is 60.7 Å². The lowest BCUT2D eigenvalue weighted by Gasteiger charge is -2.42. The van der Waals surface area contributed by atoms with Crippen molar-refractivity contribution in [1.29, 1.82) is 0 Å². The van der Waals surface area contributed by atoms with Gasteiger partial charge in [-0.15, -0.1) is 0 Å². The van der Waals surface area contributed by atoms with E-state index in [4.69, 9.17) is 16.3 Å². The molecule has 2 N–H and O–H groups in total. The average Bonchev–Trinajstić information content (AvgIpc) is 2.64. The summed E-state index contributed by atoms with van der Waals surface area (Å²) in [5.41, 5.74) is 1.78. The smallest absolute Gasteiger partial charge is 0.212 e.